The highest BCUT2D eigenvalue weighted by Gasteiger charge is 2.80. The fraction of sp³-hybridized carbons (Fsp3) is 0.381. The number of hydrogen-bond acceptors (Lipinski definition) is 2. The number of para-hydroxylation sites is 1. The van der Waals surface area contributed by atoms with Crippen LogP contribution in [0.2, 0.25) is 0 Å². The predicted octanol–water partition coefficient (Wildman–Crippen LogP) is 5.16. The summed E-state index contributed by atoms with van der Waals surface area (Å²) in [5.41, 5.74) is -0.250. The highest BCUT2D eigenvalue weighted by molar-refractivity contribution is 5.82. The fourth-order valence-corrected chi connectivity index (χ4v) is 4.13. The van der Waals surface area contributed by atoms with Crippen molar-refractivity contribution in [2.24, 2.45) is 16.2 Å². The molecule has 0 saturated heterocycles. The Morgan fingerprint density at radius 3 is 2.04 bits per heavy atom. The van der Waals surface area contributed by atoms with Crippen molar-refractivity contribution in [3.8, 4) is 11.5 Å². The minimum Gasteiger partial charge on any atom is -0.481 e. The molecule has 0 spiro atoms. The van der Waals surface area contributed by atoms with E-state index in [1.165, 1.54) is 0 Å². The zero-order valence-electron chi connectivity index (χ0n) is 14.7. The molecule has 1 saturated carbocycles. The Labute approximate surface area is 143 Å². The van der Waals surface area contributed by atoms with E-state index in [-0.39, 0.29) is 10.8 Å². The van der Waals surface area contributed by atoms with Crippen LogP contribution in [0.25, 0.3) is 0 Å². The first-order valence-electron chi connectivity index (χ1n) is 8.28. The zero-order chi connectivity index (χ0) is 17.6. The van der Waals surface area contributed by atoms with Crippen LogP contribution < -0.4 is 4.74 Å². The van der Waals surface area contributed by atoms with Gasteiger partial charge in [-0.05, 0) is 47.1 Å². The summed E-state index contributed by atoms with van der Waals surface area (Å²) >= 11 is 0. The van der Waals surface area contributed by atoms with Crippen LogP contribution in [0.3, 0.4) is 0 Å². The second-order valence-electron chi connectivity index (χ2n) is 7.70. The molecule has 0 heterocycles. The zero-order valence-corrected chi connectivity index (χ0v) is 14.7. The Kier molecular flexibility index (Phi) is 3.71. The normalized spacial score (nSPS) is 19.5. The van der Waals surface area contributed by atoms with Crippen molar-refractivity contribution in [1.29, 1.82) is 0 Å². The van der Waals surface area contributed by atoms with Crippen LogP contribution in [0.4, 0.5) is 0 Å². The van der Waals surface area contributed by atoms with Gasteiger partial charge in [0, 0.05) is 0 Å². The first kappa shape index (κ1) is 16.6. The summed E-state index contributed by atoms with van der Waals surface area (Å²) in [6.07, 6.45) is 0.508. The molecule has 0 aromatic heterocycles. The van der Waals surface area contributed by atoms with Gasteiger partial charge in [-0.25, -0.2) is 0 Å². The molecule has 1 fully saturated rings. The number of benzene rings is 2. The average molecular weight is 324 g/mol. The van der Waals surface area contributed by atoms with Crippen LogP contribution in [-0.2, 0) is 11.2 Å². The van der Waals surface area contributed by atoms with E-state index in [0.717, 1.165) is 17.1 Å². The highest BCUT2D eigenvalue weighted by atomic mass is 16.5. The fourth-order valence-electron chi connectivity index (χ4n) is 4.13. The van der Waals surface area contributed by atoms with Gasteiger partial charge in [0.15, 0.2) is 0 Å². The lowest BCUT2D eigenvalue weighted by Gasteiger charge is -2.17. The Bertz CT molecular complexity index is 746. The summed E-state index contributed by atoms with van der Waals surface area (Å²) in [6.45, 7) is 8.19. The molecule has 1 aliphatic rings. The lowest BCUT2D eigenvalue weighted by Crippen LogP contribution is -2.25. The molecule has 0 atom stereocenters. The van der Waals surface area contributed by atoms with Crippen molar-refractivity contribution in [2.75, 3.05) is 0 Å². The molecule has 126 valence electrons. The molecule has 0 radical (unpaired) electrons. The molecule has 0 bridgehead atoms. The van der Waals surface area contributed by atoms with Crippen molar-refractivity contribution < 1.29 is 14.6 Å². The molecule has 0 amide bonds. The third kappa shape index (κ3) is 2.22. The van der Waals surface area contributed by atoms with Crippen LogP contribution in [0.1, 0.15) is 33.3 Å². The SMILES string of the molecule is CC1(C)C(C)(C)C1(Cc1cccc(Oc2ccccc2)c1)C(=O)O. The van der Waals surface area contributed by atoms with E-state index in [9.17, 15) is 9.90 Å². The molecule has 0 unspecified atom stereocenters. The Morgan fingerprint density at radius 1 is 0.917 bits per heavy atom. The van der Waals surface area contributed by atoms with E-state index >= 15 is 0 Å². The third-order valence-corrected chi connectivity index (χ3v) is 6.35. The van der Waals surface area contributed by atoms with Gasteiger partial charge in [-0.1, -0.05) is 58.0 Å². The first-order valence-corrected chi connectivity index (χ1v) is 8.28. The molecule has 2 aromatic carbocycles. The lowest BCUT2D eigenvalue weighted by molar-refractivity contribution is -0.145. The van der Waals surface area contributed by atoms with Crippen molar-refractivity contribution in [1.82, 2.24) is 0 Å². The van der Waals surface area contributed by atoms with Gasteiger partial charge in [0.25, 0.3) is 0 Å². The predicted molar refractivity (Wildman–Crippen MR) is 94.3 cm³/mol. The highest BCUT2D eigenvalue weighted by Crippen LogP contribution is 2.78. The molecule has 2 aromatic rings. The molecular weight excluding hydrogens is 300 g/mol. The maximum absolute atomic E-state index is 12.1. The number of hydrogen-bond donors (Lipinski definition) is 1. The van der Waals surface area contributed by atoms with Gasteiger partial charge in [0.1, 0.15) is 11.5 Å². The topological polar surface area (TPSA) is 46.5 Å². The smallest absolute Gasteiger partial charge is 0.311 e. The van der Waals surface area contributed by atoms with Crippen LogP contribution >= 0.6 is 0 Å². The van der Waals surface area contributed by atoms with Gasteiger partial charge in [0.2, 0.25) is 0 Å². The van der Waals surface area contributed by atoms with Gasteiger partial charge in [0.05, 0.1) is 5.41 Å². The molecule has 3 rings (SSSR count). The summed E-state index contributed by atoms with van der Waals surface area (Å²) in [4.78, 5) is 12.1. The second-order valence-corrected chi connectivity index (χ2v) is 7.70. The minimum atomic E-state index is -0.745. The molecule has 1 N–H and O–H groups in total. The minimum absolute atomic E-state index is 0.248. The van der Waals surface area contributed by atoms with E-state index in [4.69, 9.17) is 4.74 Å². The van der Waals surface area contributed by atoms with Crippen LogP contribution in [0, 0.1) is 16.2 Å². The second kappa shape index (κ2) is 5.37. The quantitative estimate of drug-likeness (QED) is 0.826. The molecule has 1 aliphatic carbocycles. The van der Waals surface area contributed by atoms with E-state index in [0.29, 0.717) is 6.42 Å². The summed E-state index contributed by atoms with van der Waals surface area (Å²) in [5.74, 6) is 0.789. The van der Waals surface area contributed by atoms with Gasteiger partial charge >= 0.3 is 5.97 Å². The van der Waals surface area contributed by atoms with Crippen molar-refractivity contribution in [3.63, 3.8) is 0 Å². The number of carboxylic acids is 1. The molecule has 3 heteroatoms. The van der Waals surface area contributed by atoms with Crippen molar-refractivity contribution in [2.45, 2.75) is 34.1 Å². The van der Waals surface area contributed by atoms with Crippen molar-refractivity contribution in [3.05, 3.63) is 60.2 Å². The summed E-state index contributed by atoms with van der Waals surface area (Å²) < 4.78 is 5.87. The van der Waals surface area contributed by atoms with Gasteiger partial charge in [-0.3, -0.25) is 4.79 Å². The van der Waals surface area contributed by atoms with Crippen LogP contribution in [0.15, 0.2) is 54.6 Å². The Balaban J connectivity index is 1.86. The van der Waals surface area contributed by atoms with Crippen LogP contribution in [0.5, 0.6) is 11.5 Å². The number of carboxylic acid groups (broad SMARTS) is 1. The van der Waals surface area contributed by atoms with Gasteiger partial charge < -0.3 is 9.84 Å². The van der Waals surface area contributed by atoms with Crippen LogP contribution in [-0.4, -0.2) is 11.1 Å². The Morgan fingerprint density at radius 2 is 1.50 bits per heavy atom. The Hall–Kier alpha value is -2.29. The first-order chi connectivity index (χ1) is 11.2. The average Bonchev–Trinajstić information content (AvgIpc) is 2.87. The maximum Gasteiger partial charge on any atom is 0.311 e. The molecule has 24 heavy (non-hydrogen) atoms. The number of aliphatic carboxylic acids is 1. The van der Waals surface area contributed by atoms with Gasteiger partial charge in [-0.15, -0.1) is 0 Å². The summed E-state index contributed by atoms with van der Waals surface area (Å²) in [7, 11) is 0. The summed E-state index contributed by atoms with van der Waals surface area (Å²) in [5, 5.41) is 9.91. The standard InChI is InChI=1S/C21H24O3/c1-19(2)20(3,4)21(19,18(22)23)14-15-9-8-12-17(13-15)24-16-10-6-5-7-11-16/h5-13H,14H2,1-4H3,(H,22,23). The van der Waals surface area contributed by atoms with E-state index in [1.54, 1.807) is 0 Å². The van der Waals surface area contributed by atoms with E-state index in [1.807, 2.05) is 82.3 Å². The maximum atomic E-state index is 12.1. The molecular formula is C21H24O3. The monoisotopic (exact) mass is 324 g/mol. The van der Waals surface area contributed by atoms with E-state index in [2.05, 4.69) is 0 Å². The largest absolute Gasteiger partial charge is 0.481 e. The number of ether oxygens (including phenoxy) is 1. The van der Waals surface area contributed by atoms with E-state index < -0.39 is 11.4 Å². The number of carbonyl (C=O) groups is 1. The van der Waals surface area contributed by atoms with Crippen molar-refractivity contribution >= 4 is 5.97 Å². The van der Waals surface area contributed by atoms with Gasteiger partial charge in [-0.2, -0.15) is 0 Å². The molecule has 0 aliphatic heterocycles. The third-order valence-electron chi connectivity index (χ3n) is 6.35. The lowest BCUT2D eigenvalue weighted by atomic mass is 9.87. The summed E-state index contributed by atoms with van der Waals surface area (Å²) in [6, 6.07) is 17.3. The molecule has 3 nitrogen and oxygen atoms in total. The number of rotatable bonds is 5.